The summed E-state index contributed by atoms with van der Waals surface area (Å²) in [6.45, 7) is -0.306. The average Bonchev–Trinajstić information content (AvgIpc) is 2.75. The van der Waals surface area contributed by atoms with Gasteiger partial charge in [0.05, 0.1) is 11.8 Å². The van der Waals surface area contributed by atoms with Gasteiger partial charge in [-0.3, -0.25) is 4.79 Å². The lowest BCUT2D eigenvalue weighted by Crippen LogP contribution is -2.24. The highest BCUT2D eigenvalue weighted by molar-refractivity contribution is 9.10. The number of hydrogen-bond acceptors (Lipinski definition) is 5. The molecule has 0 aliphatic rings. The van der Waals surface area contributed by atoms with Crippen molar-refractivity contribution in [2.75, 3.05) is 6.61 Å². The van der Waals surface area contributed by atoms with Crippen LogP contribution in [0.2, 0.25) is 5.02 Å². The molecular formula is C22H15BrClFN2O4. The summed E-state index contributed by atoms with van der Waals surface area (Å²) in [5.41, 5.74) is 3.10. The van der Waals surface area contributed by atoms with Gasteiger partial charge in [-0.1, -0.05) is 27.5 Å². The minimum atomic E-state index is -0.564. The highest BCUT2D eigenvalue weighted by Crippen LogP contribution is 2.23. The maximum atomic E-state index is 12.9. The number of benzene rings is 3. The maximum Gasteiger partial charge on any atom is 0.343 e. The first-order chi connectivity index (χ1) is 14.9. The SMILES string of the molecule is O=C(COc1ccc(F)cc1)N/N=C\c1cc(Br)ccc1OC(=O)c1ccc(Cl)cc1. The molecule has 158 valence electrons. The van der Waals surface area contributed by atoms with Crippen molar-refractivity contribution in [2.45, 2.75) is 0 Å². The molecule has 0 bridgehead atoms. The van der Waals surface area contributed by atoms with Crippen molar-refractivity contribution in [1.82, 2.24) is 5.43 Å². The minimum absolute atomic E-state index is 0.253. The quantitative estimate of drug-likeness (QED) is 0.212. The number of amides is 1. The molecular weight excluding hydrogens is 491 g/mol. The molecule has 9 heteroatoms. The van der Waals surface area contributed by atoms with E-state index in [1.165, 1.54) is 30.5 Å². The smallest absolute Gasteiger partial charge is 0.343 e. The molecule has 1 N–H and O–H groups in total. The fourth-order valence-corrected chi connectivity index (χ4v) is 2.85. The zero-order chi connectivity index (χ0) is 22.2. The van der Waals surface area contributed by atoms with Crippen LogP contribution in [-0.4, -0.2) is 24.7 Å². The largest absolute Gasteiger partial charge is 0.484 e. The van der Waals surface area contributed by atoms with Crippen LogP contribution in [0, 0.1) is 5.82 Å². The van der Waals surface area contributed by atoms with Gasteiger partial charge >= 0.3 is 5.97 Å². The fourth-order valence-electron chi connectivity index (χ4n) is 2.34. The van der Waals surface area contributed by atoms with E-state index in [4.69, 9.17) is 21.1 Å². The minimum Gasteiger partial charge on any atom is -0.484 e. The molecule has 0 unspecified atom stereocenters. The highest BCUT2D eigenvalue weighted by atomic mass is 79.9. The molecule has 0 atom stereocenters. The van der Waals surface area contributed by atoms with Crippen LogP contribution in [0.25, 0.3) is 0 Å². The van der Waals surface area contributed by atoms with Crippen molar-refractivity contribution in [3.05, 3.63) is 93.2 Å². The summed E-state index contributed by atoms with van der Waals surface area (Å²) < 4.78 is 24.3. The number of nitrogens with one attached hydrogen (secondary N) is 1. The van der Waals surface area contributed by atoms with Gasteiger partial charge in [0.25, 0.3) is 5.91 Å². The number of hydrazone groups is 1. The summed E-state index contributed by atoms with van der Waals surface area (Å²) in [5, 5.41) is 4.37. The zero-order valence-electron chi connectivity index (χ0n) is 15.8. The van der Waals surface area contributed by atoms with E-state index in [1.807, 2.05) is 0 Å². The number of carbonyl (C=O) groups excluding carboxylic acids is 2. The number of ether oxygens (including phenoxy) is 2. The van der Waals surface area contributed by atoms with Gasteiger partial charge in [0.2, 0.25) is 0 Å². The number of nitrogens with zero attached hydrogens (tertiary/aromatic N) is 1. The van der Waals surface area contributed by atoms with E-state index in [1.54, 1.807) is 42.5 Å². The first kappa shape index (κ1) is 22.5. The van der Waals surface area contributed by atoms with E-state index < -0.39 is 17.7 Å². The second-order valence-corrected chi connectivity index (χ2v) is 7.47. The molecule has 0 aliphatic heterocycles. The number of rotatable bonds is 7. The van der Waals surface area contributed by atoms with Crippen LogP contribution in [0.1, 0.15) is 15.9 Å². The van der Waals surface area contributed by atoms with Gasteiger partial charge in [0.15, 0.2) is 6.61 Å². The molecule has 0 saturated carbocycles. The van der Waals surface area contributed by atoms with Crippen molar-refractivity contribution in [3.63, 3.8) is 0 Å². The van der Waals surface area contributed by atoms with Crippen LogP contribution in [0.4, 0.5) is 4.39 Å². The lowest BCUT2D eigenvalue weighted by molar-refractivity contribution is -0.123. The van der Waals surface area contributed by atoms with Crippen LogP contribution in [0.5, 0.6) is 11.5 Å². The van der Waals surface area contributed by atoms with Crippen LogP contribution < -0.4 is 14.9 Å². The molecule has 31 heavy (non-hydrogen) atoms. The van der Waals surface area contributed by atoms with Crippen LogP contribution in [0.3, 0.4) is 0 Å². The summed E-state index contributed by atoms with van der Waals surface area (Å²) in [4.78, 5) is 24.2. The summed E-state index contributed by atoms with van der Waals surface area (Å²) in [7, 11) is 0. The van der Waals surface area contributed by atoms with Crippen molar-refractivity contribution in [2.24, 2.45) is 5.10 Å². The lowest BCUT2D eigenvalue weighted by atomic mass is 10.2. The molecule has 1 amide bonds. The number of esters is 1. The Balaban J connectivity index is 1.61. The fraction of sp³-hybridized carbons (Fsp3) is 0.0455. The maximum absolute atomic E-state index is 12.9. The van der Waals surface area contributed by atoms with E-state index >= 15 is 0 Å². The molecule has 0 aromatic heterocycles. The topological polar surface area (TPSA) is 77.0 Å². The van der Waals surface area contributed by atoms with Gasteiger partial charge in [-0.15, -0.1) is 0 Å². The molecule has 0 saturated heterocycles. The summed E-state index contributed by atoms with van der Waals surface area (Å²) >= 11 is 9.17. The molecule has 0 fully saturated rings. The zero-order valence-corrected chi connectivity index (χ0v) is 18.2. The summed E-state index contributed by atoms with van der Waals surface area (Å²) in [6.07, 6.45) is 1.34. The van der Waals surface area contributed by atoms with Crippen molar-refractivity contribution in [3.8, 4) is 11.5 Å². The van der Waals surface area contributed by atoms with E-state index in [0.717, 1.165) is 4.47 Å². The Bertz CT molecular complexity index is 1110. The monoisotopic (exact) mass is 504 g/mol. The number of hydrogen-bond donors (Lipinski definition) is 1. The molecule has 0 heterocycles. The summed E-state index contributed by atoms with van der Waals surface area (Å²) in [5.74, 6) is -0.878. The second kappa shape index (κ2) is 10.7. The van der Waals surface area contributed by atoms with E-state index in [-0.39, 0.29) is 12.4 Å². The van der Waals surface area contributed by atoms with Crippen molar-refractivity contribution in [1.29, 1.82) is 0 Å². The van der Waals surface area contributed by atoms with E-state index in [2.05, 4.69) is 26.5 Å². The van der Waals surface area contributed by atoms with Gasteiger partial charge < -0.3 is 9.47 Å². The van der Waals surface area contributed by atoms with Gasteiger partial charge in [-0.05, 0) is 66.7 Å². The average molecular weight is 506 g/mol. The van der Waals surface area contributed by atoms with Gasteiger partial charge in [0, 0.05) is 15.1 Å². The molecule has 3 aromatic carbocycles. The standard InChI is InChI=1S/C22H15BrClFN2O4/c23-16-3-10-20(31-22(29)14-1-4-17(24)5-2-14)15(11-16)12-26-27-21(28)13-30-19-8-6-18(25)7-9-19/h1-12H,13H2,(H,27,28)/b26-12-. The van der Waals surface area contributed by atoms with E-state index in [9.17, 15) is 14.0 Å². The highest BCUT2D eigenvalue weighted by Gasteiger charge is 2.12. The van der Waals surface area contributed by atoms with Crippen LogP contribution >= 0.6 is 27.5 Å². The Labute approximate surface area is 190 Å². The van der Waals surface area contributed by atoms with Gasteiger partial charge in [0.1, 0.15) is 17.3 Å². The normalized spacial score (nSPS) is 10.7. The van der Waals surface area contributed by atoms with Crippen LogP contribution in [-0.2, 0) is 4.79 Å². The van der Waals surface area contributed by atoms with Gasteiger partial charge in [-0.25, -0.2) is 14.6 Å². The third-order valence-electron chi connectivity index (χ3n) is 3.83. The Morgan fingerprint density at radius 3 is 2.48 bits per heavy atom. The Morgan fingerprint density at radius 1 is 1.06 bits per heavy atom. The molecule has 0 radical (unpaired) electrons. The van der Waals surface area contributed by atoms with Crippen molar-refractivity contribution >= 4 is 45.6 Å². The van der Waals surface area contributed by atoms with Gasteiger partial charge in [-0.2, -0.15) is 5.10 Å². The molecule has 3 aromatic rings. The molecule has 6 nitrogen and oxygen atoms in total. The predicted octanol–water partition coefficient (Wildman–Crippen LogP) is 4.99. The molecule has 0 spiro atoms. The van der Waals surface area contributed by atoms with Crippen molar-refractivity contribution < 1.29 is 23.5 Å². The first-order valence-electron chi connectivity index (χ1n) is 8.88. The number of halogens is 3. The predicted molar refractivity (Wildman–Crippen MR) is 118 cm³/mol. The van der Waals surface area contributed by atoms with Crippen LogP contribution in [0.15, 0.2) is 76.3 Å². The lowest BCUT2D eigenvalue weighted by Gasteiger charge is -2.08. The first-order valence-corrected chi connectivity index (χ1v) is 10.1. The Kier molecular flexibility index (Phi) is 7.75. The molecule has 0 aliphatic carbocycles. The third kappa shape index (κ3) is 6.91. The Morgan fingerprint density at radius 2 is 1.77 bits per heavy atom. The number of carbonyl (C=O) groups is 2. The third-order valence-corrected chi connectivity index (χ3v) is 4.58. The molecule has 3 rings (SSSR count). The van der Waals surface area contributed by atoms with E-state index in [0.29, 0.717) is 21.9 Å². The second-order valence-electron chi connectivity index (χ2n) is 6.11. The Hall–Kier alpha value is -3.23. The summed E-state index contributed by atoms with van der Waals surface area (Å²) in [6, 6.07) is 16.5.